The van der Waals surface area contributed by atoms with E-state index in [1.165, 1.54) is 0 Å². The lowest BCUT2D eigenvalue weighted by molar-refractivity contribution is 0.100. The molecule has 1 heterocycles. The van der Waals surface area contributed by atoms with Crippen LogP contribution in [0.5, 0.6) is 0 Å². The molecule has 2 aromatic rings. The first-order valence-corrected chi connectivity index (χ1v) is 4.96. The number of aryl methyl sites for hydroxylation is 1. The molecule has 0 saturated heterocycles. The molecule has 0 saturated carbocycles. The number of primary amides is 1. The van der Waals surface area contributed by atoms with Crippen LogP contribution in [0.25, 0.3) is 10.9 Å². The van der Waals surface area contributed by atoms with E-state index in [4.69, 9.17) is 5.73 Å². The Labute approximate surface area is 89.4 Å². The first-order valence-electron chi connectivity index (χ1n) is 4.17. The average Bonchev–Trinajstić information content (AvgIpc) is 2.43. The highest BCUT2D eigenvalue weighted by Crippen LogP contribution is 2.26. The van der Waals surface area contributed by atoms with Crippen molar-refractivity contribution in [3.8, 4) is 0 Å². The van der Waals surface area contributed by atoms with Crippen LogP contribution in [0.2, 0.25) is 0 Å². The zero-order valence-electron chi connectivity index (χ0n) is 7.60. The molecule has 0 aliphatic rings. The zero-order valence-corrected chi connectivity index (χ0v) is 9.18. The molecule has 0 aliphatic heterocycles. The Kier molecular flexibility index (Phi) is 2.07. The molecule has 0 fully saturated rings. The van der Waals surface area contributed by atoms with Crippen LogP contribution in [0.4, 0.5) is 0 Å². The van der Waals surface area contributed by atoms with Crippen LogP contribution < -0.4 is 5.73 Å². The van der Waals surface area contributed by atoms with Crippen molar-refractivity contribution < 1.29 is 4.79 Å². The van der Waals surface area contributed by atoms with Crippen LogP contribution in [0.15, 0.2) is 22.8 Å². The SMILES string of the molecule is Cc1c(Br)[nH]c2ccc(C(N)=O)cc12. The van der Waals surface area contributed by atoms with Gasteiger partial charge in [0.05, 0.1) is 4.60 Å². The Hall–Kier alpha value is -1.29. The average molecular weight is 253 g/mol. The molecule has 1 aromatic heterocycles. The lowest BCUT2D eigenvalue weighted by Crippen LogP contribution is -2.10. The highest BCUT2D eigenvalue weighted by atomic mass is 79.9. The second-order valence-electron chi connectivity index (χ2n) is 3.19. The first kappa shape index (κ1) is 9.27. The fourth-order valence-electron chi connectivity index (χ4n) is 1.45. The minimum Gasteiger partial charge on any atom is -0.366 e. The number of nitrogens with one attached hydrogen (secondary N) is 1. The molecule has 0 unspecified atom stereocenters. The van der Waals surface area contributed by atoms with E-state index in [1.54, 1.807) is 12.1 Å². The number of amides is 1. The first-order chi connectivity index (χ1) is 6.59. The van der Waals surface area contributed by atoms with Gasteiger partial charge in [-0.3, -0.25) is 4.79 Å². The van der Waals surface area contributed by atoms with E-state index in [9.17, 15) is 4.79 Å². The van der Waals surface area contributed by atoms with E-state index in [2.05, 4.69) is 20.9 Å². The monoisotopic (exact) mass is 252 g/mol. The second-order valence-corrected chi connectivity index (χ2v) is 3.98. The predicted molar refractivity (Wildman–Crippen MR) is 59.3 cm³/mol. The number of hydrogen-bond acceptors (Lipinski definition) is 1. The number of rotatable bonds is 1. The molecule has 4 heteroatoms. The minimum absolute atomic E-state index is 0.399. The maximum Gasteiger partial charge on any atom is 0.248 e. The number of halogens is 1. The van der Waals surface area contributed by atoms with Gasteiger partial charge < -0.3 is 10.7 Å². The molecular weight excluding hydrogens is 244 g/mol. The van der Waals surface area contributed by atoms with Crippen LogP contribution in [-0.4, -0.2) is 10.9 Å². The van der Waals surface area contributed by atoms with Gasteiger partial charge in [0.25, 0.3) is 0 Å². The fourth-order valence-corrected chi connectivity index (χ4v) is 1.87. The number of carbonyl (C=O) groups excluding carboxylic acids is 1. The van der Waals surface area contributed by atoms with Crippen LogP contribution in [0, 0.1) is 6.92 Å². The van der Waals surface area contributed by atoms with Crippen LogP contribution in [0.1, 0.15) is 15.9 Å². The van der Waals surface area contributed by atoms with Gasteiger partial charge in [0, 0.05) is 16.5 Å². The molecule has 1 amide bonds. The number of hydrogen-bond donors (Lipinski definition) is 2. The summed E-state index contributed by atoms with van der Waals surface area (Å²) in [6.07, 6.45) is 0. The van der Waals surface area contributed by atoms with Gasteiger partial charge in [-0.05, 0) is 46.6 Å². The number of benzene rings is 1. The summed E-state index contributed by atoms with van der Waals surface area (Å²) >= 11 is 3.40. The molecule has 0 spiro atoms. The Morgan fingerprint density at radius 3 is 2.86 bits per heavy atom. The van der Waals surface area contributed by atoms with Crippen LogP contribution in [0.3, 0.4) is 0 Å². The minimum atomic E-state index is -0.399. The van der Waals surface area contributed by atoms with Crippen molar-refractivity contribution in [2.75, 3.05) is 0 Å². The maximum absolute atomic E-state index is 11.0. The van der Waals surface area contributed by atoms with E-state index < -0.39 is 5.91 Å². The third-order valence-electron chi connectivity index (χ3n) is 2.28. The summed E-state index contributed by atoms with van der Waals surface area (Å²) in [5.74, 6) is -0.399. The van der Waals surface area contributed by atoms with E-state index in [-0.39, 0.29) is 0 Å². The fraction of sp³-hybridized carbons (Fsp3) is 0.100. The summed E-state index contributed by atoms with van der Waals surface area (Å²) < 4.78 is 0.939. The predicted octanol–water partition coefficient (Wildman–Crippen LogP) is 2.34. The van der Waals surface area contributed by atoms with Gasteiger partial charge >= 0.3 is 0 Å². The van der Waals surface area contributed by atoms with Crippen molar-refractivity contribution in [2.45, 2.75) is 6.92 Å². The van der Waals surface area contributed by atoms with Crippen LogP contribution in [-0.2, 0) is 0 Å². The second kappa shape index (κ2) is 3.13. The van der Waals surface area contributed by atoms with Gasteiger partial charge in [-0.2, -0.15) is 0 Å². The van der Waals surface area contributed by atoms with Crippen molar-refractivity contribution in [3.05, 3.63) is 33.9 Å². The Bertz CT molecular complexity index is 516. The number of aromatic amines is 1. The summed E-state index contributed by atoms with van der Waals surface area (Å²) in [6.45, 7) is 1.98. The number of nitrogens with two attached hydrogens (primary N) is 1. The zero-order chi connectivity index (χ0) is 10.3. The molecular formula is C10H9BrN2O. The Balaban J connectivity index is 2.76. The number of aromatic nitrogens is 1. The van der Waals surface area contributed by atoms with Gasteiger partial charge in [0.15, 0.2) is 0 Å². The summed E-state index contributed by atoms with van der Waals surface area (Å²) in [4.78, 5) is 14.1. The van der Waals surface area contributed by atoms with Gasteiger partial charge in [-0.15, -0.1) is 0 Å². The molecule has 0 radical (unpaired) electrons. The lowest BCUT2D eigenvalue weighted by atomic mass is 10.1. The van der Waals surface area contributed by atoms with E-state index in [1.807, 2.05) is 13.0 Å². The normalized spacial score (nSPS) is 10.7. The largest absolute Gasteiger partial charge is 0.366 e. The molecule has 0 atom stereocenters. The number of H-pyrrole nitrogens is 1. The van der Waals surface area contributed by atoms with Crippen molar-refractivity contribution in [1.82, 2.24) is 4.98 Å². The highest BCUT2D eigenvalue weighted by Gasteiger charge is 2.07. The topological polar surface area (TPSA) is 58.9 Å². The maximum atomic E-state index is 11.0. The van der Waals surface area contributed by atoms with Gasteiger partial charge in [0.1, 0.15) is 0 Å². The molecule has 72 valence electrons. The Morgan fingerprint density at radius 1 is 1.50 bits per heavy atom. The van der Waals surface area contributed by atoms with Gasteiger partial charge in [-0.25, -0.2) is 0 Å². The van der Waals surface area contributed by atoms with E-state index in [0.29, 0.717) is 5.56 Å². The number of carbonyl (C=O) groups is 1. The Morgan fingerprint density at radius 2 is 2.21 bits per heavy atom. The lowest BCUT2D eigenvalue weighted by Gasteiger charge is -1.95. The van der Waals surface area contributed by atoms with Gasteiger partial charge in [-0.1, -0.05) is 0 Å². The third kappa shape index (κ3) is 1.32. The molecule has 0 aliphatic carbocycles. The molecule has 3 nitrogen and oxygen atoms in total. The molecule has 2 rings (SSSR count). The highest BCUT2D eigenvalue weighted by molar-refractivity contribution is 9.10. The summed E-state index contributed by atoms with van der Waals surface area (Å²) in [5, 5.41) is 1.02. The standard InChI is InChI=1S/C10H9BrN2O/c1-5-7-4-6(10(12)14)2-3-8(7)13-9(5)11/h2-4,13H,1H3,(H2,12,14). The van der Waals surface area contributed by atoms with Crippen molar-refractivity contribution in [2.24, 2.45) is 5.73 Å². The number of fused-ring (bicyclic) bond motifs is 1. The summed E-state index contributed by atoms with van der Waals surface area (Å²) in [7, 11) is 0. The molecule has 3 N–H and O–H groups in total. The van der Waals surface area contributed by atoms with Crippen molar-refractivity contribution in [1.29, 1.82) is 0 Å². The molecule has 0 bridgehead atoms. The molecule has 14 heavy (non-hydrogen) atoms. The van der Waals surface area contributed by atoms with Crippen molar-refractivity contribution >= 4 is 32.7 Å². The quantitative estimate of drug-likeness (QED) is 0.805. The van der Waals surface area contributed by atoms with Crippen molar-refractivity contribution in [3.63, 3.8) is 0 Å². The van der Waals surface area contributed by atoms with Crippen LogP contribution >= 0.6 is 15.9 Å². The van der Waals surface area contributed by atoms with E-state index in [0.717, 1.165) is 21.1 Å². The smallest absolute Gasteiger partial charge is 0.248 e. The summed E-state index contributed by atoms with van der Waals surface area (Å²) in [6, 6.07) is 5.37. The summed E-state index contributed by atoms with van der Waals surface area (Å²) in [5.41, 5.74) is 7.82. The van der Waals surface area contributed by atoms with E-state index >= 15 is 0 Å². The molecule has 1 aromatic carbocycles. The van der Waals surface area contributed by atoms with Gasteiger partial charge in [0.2, 0.25) is 5.91 Å². The third-order valence-corrected chi connectivity index (χ3v) is 3.07.